The Bertz CT molecular complexity index is 796. The Labute approximate surface area is 184 Å². The molecule has 0 radical (unpaired) electrons. The number of rotatable bonds is 6. The van der Waals surface area contributed by atoms with E-state index in [0.29, 0.717) is 31.7 Å². The summed E-state index contributed by atoms with van der Waals surface area (Å²) < 4.78 is 21.3. The van der Waals surface area contributed by atoms with E-state index in [-0.39, 0.29) is 6.10 Å². The van der Waals surface area contributed by atoms with E-state index in [0.717, 1.165) is 31.0 Å². The summed E-state index contributed by atoms with van der Waals surface area (Å²) in [5, 5.41) is 25.6. The molecule has 11 nitrogen and oxygen atoms in total. The number of carbonyl (C=O) groups is 3. The van der Waals surface area contributed by atoms with Crippen molar-refractivity contribution in [3.63, 3.8) is 0 Å². The highest BCUT2D eigenvalue weighted by molar-refractivity contribution is 5.89. The van der Waals surface area contributed by atoms with E-state index in [9.17, 15) is 19.5 Å². The van der Waals surface area contributed by atoms with E-state index in [1.54, 1.807) is 0 Å². The van der Waals surface area contributed by atoms with Gasteiger partial charge in [-0.25, -0.2) is 14.4 Å². The molecule has 3 rings (SSSR count). The molecule has 0 spiro atoms. The first-order valence-corrected chi connectivity index (χ1v) is 9.96. The lowest BCUT2D eigenvalue weighted by molar-refractivity contribution is -0.134. The normalized spacial score (nSPS) is 22.4. The lowest BCUT2D eigenvalue weighted by Crippen LogP contribution is -2.49. The average Bonchev–Trinajstić information content (AvgIpc) is 2.78. The Morgan fingerprint density at radius 3 is 2.44 bits per heavy atom. The van der Waals surface area contributed by atoms with Crippen molar-refractivity contribution in [2.75, 3.05) is 33.4 Å². The Morgan fingerprint density at radius 2 is 1.81 bits per heavy atom. The zero-order chi connectivity index (χ0) is 23.5. The molecule has 0 bridgehead atoms. The number of aliphatic hydroxyl groups is 1. The number of carboxylic acid groups (broad SMARTS) is 2. The number of nitrogens with zero attached hydrogens (tertiary/aromatic N) is 1. The zero-order valence-electron chi connectivity index (χ0n) is 17.6. The number of carboxylic acids is 2. The smallest absolute Gasteiger partial charge is 0.486 e. The van der Waals surface area contributed by atoms with Crippen LogP contribution in [-0.4, -0.2) is 90.0 Å². The molecule has 3 atom stereocenters. The van der Waals surface area contributed by atoms with Gasteiger partial charge in [-0.05, 0) is 18.6 Å². The third kappa shape index (κ3) is 8.44. The molecular weight excluding hydrogens is 426 g/mol. The summed E-state index contributed by atoms with van der Waals surface area (Å²) in [5.74, 6) is -0.962. The lowest BCUT2D eigenvalue weighted by atomic mass is 10.0. The SMILES string of the molecule is COC(=O)O[C@H]1CN(CCC2COc3ccccc3O2)CC[C@@H]1O.O=C(O)/C=C/C(=O)O. The van der Waals surface area contributed by atoms with Crippen molar-refractivity contribution in [2.24, 2.45) is 0 Å². The molecule has 2 aliphatic heterocycles. The number of aliphatic hydroxyl groups excluding tert-OH is 1. The molecule has 0 aliphatic carbocycles. The molecule has 2 aliphatic rings. The largest absolute Gasteiger partial charge is 0.508 e. The summed E-state index contributed by atoms with van der Waals surface area (Å²) in [6, 6.07) is 7.64. The van der Waals surface area contributed by atoms with E-state index in [4.69, 9.17) is 24.4 Å². The number of piperidine rings is 1. The number of methoxy groups -OCH3 is 1. The number of benzene rings is 1. The Morgan fingerprint density at radius 1 is 1.16 bits per heavy atom. The molecule has 2 heterocycles. The highest BCUT2D eigenvalue weighted by Crippen LogP contribution is 2.31. The Kier molecular flexibility index (Phi) is 9.76. The van der Waals surface area contributed by atoms with Gasteiger partial charge in [-0.1, -0.05) is 12.1 Å². The molecule has 32 heavy (non-hydrogen) atoms. The maximum Gasteiger partial charge on any atom is 0.508 e. The lowest BCUT2D eigenvalue weighted by Gasteiger charge is -2.36. The predicted molar refractivity (Wildman–Crippen MR) is 110 cm³/mol. The first-order chi connectivity index (χ1) is 15.3. The van der Waals surface area contributed by atoms with Crippen LogP contribution in [0.1, 0.15) is 12.8 Å². The number of aliphatic carboxylic acids is 2. The first-order valence-electron chi connectivity index (χ1n) is 9.96. The van der Waals surface area contributed by atoms with Gasteiger partial charge in [0.05, 0.1) is 13.2 Å². The second kappa shape index (κ2) is 12.5. The van der Waals surface area contributed by atoms with Crippen molar-refractivity contribution in [1.82, 2.24) is 4.90 Å². The van der Waals surface area contributed by atoms with Crippen molar-refractivity contribution in [3.8, 4) is 11.5 Å². The molecule has 1 unspecified atom stereocenters. The Hall–Kier alpha value is -3.31. The molecule has 1 aromatic carbocycles. The Balaban J connectivity index is 0.000000390. The minimum absolute atomic E-state index is 0.00766. The molecule has 0 aromatic heterocycles. The van der Waals surface area contributed by atoms with Gasteiger partial charge in [-0.2, -0.15) is 0 Å². The van der Waals surface area contributed by atoms with Crippen molar-refractivity contribution in [2.45, 2.75) is 31.2 Å². The van der Waals surface area contributed by atoms with E-state index >= 15 is 0 Å². The number of hydrogen-bond acceptors (Lipinski definition) is 9. The molecule has 0 saturated carbocycles. The van der Waals surface area contributed by atoms with Gasteiger partial charge in [0.15, 0.2) is 11.5 Å². The van der Waals surface area contributed by atoms with E-state index in [2.05, 4.69) is 9.64 Å². The number of para-hydroxylation sites is 2. The maximum atomic E-state index is 11.2. The fourth-order valence-electron chi connectivity index (χ4n) is 3.13. The third-order valence-electron chi connectivity index (χ3n) is 4.73. The van der Waals surface area contributed by atoms with Gasteiger partial charge in [-0.3, -0.25) is 4.90 Å². The van der Waals surface area contributed by atoms with Crippen LogP contribution in [0.25, 0.3) is 0 Å². The highest BCUT2D eigenvalue weighted by atomic mass is 16.7. The molecule has 1 aromatic rings. The maximum absolute atomic E-state index is 11.2. The molecule has 11 heteroatoms. The van der Waals surface area contributed by atoms with Gasteiger partial charge in [0.25, 0.3) is 0 Å². The van der Waals surface area contributed by atoms with Gasteiger partial charge < -0.3 is 34.3 Å². The fraction of sp³-hybridized carbons (Fsp3) is 0.476. The summed E-state index contributed by atoms with van der Waals surface area (Å²) >= 11 is 0. The van der Waals surface area contributed by atoms with Crippen LogP contribution in [0.4, 0.5) is 4.79 Å². The van der Waals surface area contributed by atoms with E-state index in [1.165, 1.54) is 7.11 Å². The van der Waals surface area contributed by atoms with Gasteiger partial charge in [0.2, 0.25) is 0 Å². The summed E-state index contributed by atoms with van der Waals surface area (Å²) in [4.78, 5) is 32.5. The van der Waals surface area contributed by atoms with Crippen molar-refractivity contribution >= 4 is 18.1 Å². The second-order valence-electron chi connectivity index (χ2n) is 7.06. The van der Waals surface area contributed by atoms with Gasteiger partial charge in [0.1, 0.15) is 18.8 Å². The summed E-state index contributed by atoms with van der Waals surface area (Å²) in [6.45, 7) is 2.55. The third-order valence-corrected chi connectivity index (χ3v) is 4.73. The number of hydrogen-bond donors (Lipinski definition) is 3. The van der Waals surface area contributed by atoms with Crippen LogP contribution in [0.2, 0.25) is 0 Å². The van der Waals surface area contributed by atoms with Crippen molar-refractivity contribution in [1.29, 1.82) is 0 Å². The van der Waals surface area contributed by atoms with Crippen LogP contribution in [0.3, 0.4) is 0 Å². The predicted octanol–water partition coefficient (Wildman–Crippen LogP) is 1.15. The zero-order valence-corrected chi connectivity index (χ0v) is 17.6. The molecule has 0 amide bonds. The minimum atomic E-state index is -1.26. The monoisotopic (exact) mass is 453 g/mol. The summed E-state index contributed by atoms with van der Waals surface area (Å²) in [5.41, 5.74) is 0. The minimum Gasteiger partial charge on any atom is -0.486 e. The second-order valence-corrected chi connectivity index (χ2v) is 7.06. The standard InChI is InChI=1S/C17H23NO6.C4H4O4/c1-21-17(20)24-16-10-18(9-7-13(16)19)8-6-12-11-22-14-4-2-3-5-15(14)23-12;5-3(6)1-2-4(7)8/h2-5,12-13,16,19H,6-11H2,1H3;1-2H,(H,5,6)(H,7,8)/b;2-1+/t12?,13-,16-;/m0./s1. The van der Waals surface area contributed by atoms with Crippen LogP contribution in [-0.2, 0) is 19.1 Å². The quantitative estimate of drug-likeness (QED) is 0.420. The van der Waals surface area contributed by atoms with E-state index < -0.39 is 30.3 Å². The van der Waals surface area contributed by atoms with Gasteiger partial charge in [-0.15, -0.1) is 0 Å². The highest BCUT2D eigenvalue weighted by Gasteiger charge is 2.31. The van der Waals surface area contributed by atoms with Crippen LogP contribution in [0.15, 0.2) is 36.4 Å². The average molecular weight is 453 g/mol. The van der Waals surface area contributed by atoms with Crippen LogP contribution < -0.4 is 9.47 Å². The number of carbonyl (C=O) groups excluding carboxylic acids is 1. The summed E-state index contributed by atoms with van der Waals surface area (Å²) in [6.07, 6.45) is 0.497. The van der Waals surface area contributed by atoms with Crippen molar-refractivity contribution in [3.05, 3.63) is 36.4 Å². The van der Waals surface area contributed by atoms with Crippen LogP contribution in [0.5, 0.6) is 11.5 Å². The van der Waals surface area contributed by atoms with E-state index in [1.807, 2.05) is 24.3 Å². The summed E-state index contributed by atoms with van der Waals surface area (Å²) in [7, 11) is 1.26. The van der Waals surface area contributed by atoms with Crippen molar-refractivity contribution < 1.29 is 48.7 Å². The molecule has 1 saturated heterocycles. The fourth-order valence-corrected chi connectivity index (χ4v) is 3.13. The van der Waals surface area contributed by atoms with Gasteiger partial charge in [0, 0.05) is 38.2 Å². The van der Waals surface area contributed by atoms with Crippen LogP contribution in [0, 0.1) is 0 Å². The number of fused-ring (bicyclic) bond motifs is 1. The van der Waals surface area contributed by atoms with Crippen LogP contribution >= 0.6 is 0 Å². The molecule has 3 N–H and O–H groups in total. The topological polar surface area (TPSA) is 152 Å². The molecule has 176 valence electrons. The molecule has 1 fully saturated rings. The number of likely N-dealkylation sites (tertiary alicyclic amines) is 1. The first kappa shape index (κ1) is 25.0. The molecular formula is C21H27NO10. The van der Waals surface area contributed by atoms with Gasteiger partial charge >= 0.3 is 18.1 Å². The number of ether oxygens (including phenoxy) is 4.